The maximum absolute atomic E-state index is 12.0. The summed E-state index contributed by atoms with van der Waals surface area (Å²) in [6.07, 6.45) is 1.46. The Morgan fingerprint density at radius 2 is 1.96 bits per heavy atom. The molecule has 0 radical (unpaired) electrons. The molecule has 3 aromatic carbocycles. The second-order valence-electron chi connectivity index (χ2n) is 5.86. The van der Waals surface area contributed by atoms with Crippen molar-refractivity contribution in [2.75, 3.05) is 5.75 Å². The highest BCUT2D eigenvalue weighted by molar-refractivity contribution is 7.99. The Morgan fingerprint density at radius 1 is 1.15 bits per heavy atom. The summed E-state index contributed by atoms with van der Waals surface area (Å²) in [7, 11) is 0. The van der Waals surface area contributed by atoms with E-state index in [1.54, 1.807) is 6.07 Å². The number of hydrogen-bond donors (Lipinski definition) is 3. The molecule has 0 bridgehead atoms. The molecule has 0 atom stereocenters. The Hall–Kier alpha value is -3.32. The number of para-hydroxylation sites is 2. The Balaban J connectivity index is 1.40. The topological polar surface area (TPSA) is 90.4 Å². The zero-order valence-electron chi connectivity index (χ0n) is 14.2. The average molecular weight is 376 g/mol. The van der Waals surface area contributed by atoms with E-state index in [4.69, 9.17) is 0 Å². The van der Waals surface area contributed by atoms with Gasteiger partial charge in [-0.25, -0.2) is 10.4 Å². The van der Waals surface area contributed by atoms with Crippen molar-refractivity contribution in [2.45, 2.75) is 5.16 Å². The summed E-state index contributed by atoms with van der Waals surface area (Å²) in [4.78, 5) is 19.6. The molecule has 134 valence electrons. The van der Waals surface area contributed by atoms with Gasteiger partial charge < -0.3 is 10.1 Å². The van der Waals surface area contributed by atoms with Crippen LogP contribution in [0.15, 0.2) is 70.9 Å². The molecule has 4 rings (SSSR count). The number of thioether (sulfide) groups is 1. The van der Waals surface area contributed by atoms with Crippen molar-refractivity contribution in [1.29, 1.82) is 0 Å². The minimum atomic E-state index is -0.253. The monoisotopic (exact) mass is 376 g/mol. The lowest BCUT2D eigenvalue weighted by Crippen LogP contribution is -2.19. The normalized spacial score (nSPS) is 11.4. The van der Waals surface area contributed by atoms with Crippen LogP contribution in [-0.2, 0) is 4.79 Å². The first kappa shape index (κ1) is 17.1. The van der Waals surface area contributed by atoms with Crippen LogP contribution < -0.4 is 5.43 Å². The second-order valence-corrected chi connectivity index (χ2v) is 6.82. The van der Waals surface area contributed by atoms with Crippen molar-refractivity contribution in [3.05, 3.63) is 66.2 Å². The molecule has 0 aliphatic carbocycles. The summed E-state index contributed by atoms with van der Waals surface area (Å²) in [5.74, 6) is 0.0402. The first-order chi connectivity index (χ1) is 13.2. The average Bonchev–Trinajstić information content (AvgIpc) is 3.11. The molecule has 3 N–H and O–H groups in total. The number of H-pyrrole nitrogens is 1. The van der Waals surface area contributed by atoms with Crippen LogP contribution in [0.3, 0.4) is 0 Å². The van der Waals surface area contributed by atoms with E-state index in [9.17, 15) is 9.90 Å². The zero-order chi connectivity index (χ0) is 18.6. The summed E-state index contributed by atoms with van der Waals surface area (Å²) in [6.45, 7) is 0. The number of aromatic nitrogens is 2. The molecule has 1 aromatic heterocycles. The summed E-state index contributed by atoms with van der Waals surface area (Å²) in [5, 5.41) is 16.6. The van der Waals surface area contributed by atoms with Crippen molar-refractivity contribution < 1.29 is 9.90 Å². The second kappa shape index (κ2) is 7.51. The number of amides is 1. The number of carbonyl (C=O) groups is 1. The smallest absolute Gasteiger partial charge is 0.250 e. The molecular formula is C20H16N4O2S. The van der Waals surface area contributed by atoms with Crippen molar-refractivity contribution >= 4 is 45.7 Å². The SMILES string of the molecule is O=C(CSc1nc2ccccc2[nH]1)N/N=C/c1c(O)ccc2ccccc12. The predicted octanol–water partition coefficient (Wildman–Crippen LogP) is 3.66. The van der Waals surface area contributed by atoms with Crippen molar-refractivity contribution in [3.8, 4) is 5.75 Å². The van der Waals surface area contributed by atoms with Gasteiger partial charge in [-0.2, -0.15) is 5.10 Å². The zero-order valence-corrected chi connectivity index (χ0v) is 15.0. The summed E-state index contributed by atoms with van der Waals surface area (Å²) >= 11 is 1.30. The first-order valence-electron chi connectivity index (χ1n) is 8.31. The van der Waals surface area contributed by atoms with Crippen LogP contribution in [0.5, 0.6) is 5.75 Å². The van der Waals surface area contributed by atoms with E-state index in [2.05, 4.69) is 20.5 Å². The number of carbonyl (C=O) groups excluding carboxylic acids is 1. The van der Waals surface area contributed by atoms with Gasteiger partial charge >= 0.3 is 0 Å². The maximum Gasteiger partial charge on any atom is 0.250 e. The third-order valence-corrected chi connectivity index (χ3v) is 4.91. The van der Waals surface area contributed by atoms with Crippen LogP contribution in [0.4, 0.5) is 0 Å². The number of hydrazone groups is 1. The molecule has 0 unspecified atom stereocenters. The van der Waals surface area contributed by atoms with Crippen LogP contribution in [-0.4, -0.2) is 32.9 Å². The van der Waals surface area contributed by atoms with E-state index in [0.717, 1.165) is 21.8 Å². The standard InChI is InChI=1S/C20H16N4O2S/c25-18-10-9-13-5-1-2-6-14(13)15(18)11-21-24-19(26)12-27-20-22-16-7-3-4-8-17(16)23-20/h1-11,25H,12H2,(H,22,23)(H,24,26)/b21-11+. The summed E-state index contributed by atoms with van der Waals surface area (Å²) in [6, 6.07) is 18.8. The van der Waals surface area contributed by atoms with Crippen LogP contribution in [0.1, 0.15) is 5.56 Å². The number of aromatic hydroxyl groups is 1. The molecule has 0 saturated heterocycles. The van der Waals surface area contributed by atoms with Gasteiger partial charge in [0.15, 0.2) is 5.16 Å². The minimum absolute atomic E-state index is 0.114. The minimum Gasteiger partial charge on any atom is -0.507 e. The van der Waals surface area contributed by atoms with Gasteiger partial charge in [0.25, 0.3) is 5.91 Å². The van der Waals surface area contributed by atoms with Gasteiger partial charge in [-0.05, 0) is 29.0 Å². The number of phenols is 1. The fraction of sp³-hybridized carbons (Fsp3) is 0.0500. The van der Waals surface area contributed by atoms with Gasteiger partial charge in [-0.3, -0.25) is 4.79 Å². The third-order valence-electron chi connectivity index (χ3n) is 4.04. The van der Waals surface area contributed by atoms with Gasteiger partial charge in [0.1, 0.15) is 5.75 Å². The summed E-state index contributed by atoms with van der Waals surface area (Å²) < 4.78 is 0. The fourth-order valence-electron chi connectivity index (χ4n) is 2.75. The lowest BCUT2D eigenvalue weighted by atomic mass is 10.0. The molecule has 4 aromatic rings. The van der Waals surface area contributed by atoms with Crippen molar-refractivity contribution in [2.24, 2.45) is 5.10 Å². The third kappa shape index (κ3) is 3.78. The quantitative estimate of drug-likeness (QED) is 0.282. The highest BCUT2D eigenvalue weighted by Gasteiger charge is 2.07. The number of rotatable bonds is 5. The lowest BCUT2D eigenvalue weighted by Gasteiger charge is -2.04. The number of phenolic OH excluding ortho intramolecular Hbond substituents is 1. The molecule has 1 amide bonds. The van der Waals surface area contributed by atoms with Crippen molar-refractivity contribution in [1.82, 2.24) is 15.4 Å². The Labute approximate surface area is 159 Å². The predicted molar refractivity (Wildman–Crippen MR) is 108 cm³/mol. The Bertz CT molecular complexity index is 1120. The molecule has 27 heavy (non-hydrogen) atoms. The molecule has 0 aliphatic heterocycles. The van der Waals surface area contributed by atoms with Gasteiger partial charge in [-0.1, -0.05) is 54.2 Å². The highest BCUT2D eigenvalue weighted by Crippen LogP contribution is 2.25. The highest BCUT2D eigenvalue weighted by atomic mass is 32.2. The molecular weight excluding hydrogens is 360 g/mol. The van der Waals surface area contributed by atoms with E-state index < -0.39 is 0 Å². The van der Waals surface area contributed by atoms with E-state index in [1.807, 2.05) is 54.6 Å². The van der Waals surface area contributed by atoms with E-state index in [-0.39, 0.29) is 17.4 Å². The number of aromatic amines is 1. The van der Waals surface area contributed by atoms with Gasteiger partial charge in [0.2, 0.25) is 0 Å². The van der Waals surface area contributed by atoms with Gasteiger partial charge in [0.05, 0.1) is 23.0 Å². The van der Waals surface area contributed by atoms with Gasteiger partial charge in [0, 0.05) is 5.56 Å². The summed E-state index contributed by atoms with van der Waals surface area (Å²) in [5.41, 5.74) is 4.85. The Kier molecular flexibility index (Phi) is 4.76. The van der Waals surface area contributed by atoms with E-state index >= 15 is 0 Å². The van der Waals surface area contributed by atoms with Crippen LogP contribution in [0.25, 0.3) is 21.8 Å². The molecule has 0 saturated carbocycles. The molecule has 1 heterocycles. The largest absolute Gasteiger partial charge is 0.507 e. The molecule has 0 spiro atoms. The van der Waals surface area contributed by atoms with Crippen LogP contribution in [0, 0.1) is 0 Å². The van der Waals surface area contributed by atoms with E-state index in [1.165, 1.54) is 18.0 Å². The molecule has 0 fully saturated rings. The molecule has 0 aliphatic rings. The molecule has 7 heteroatoms. The number of fused-ring (bicyclic) bond motifs is 2. The number of benzene rings is 3. The number of nitrogens with one attached hydrogen (secondary N) is 2. The number of imidazole rings is 1. The van der Waals surface area contributed by atoms with E-state index in [0.29, 0.717) is 10.7 Å². The lowest BCUT2D eigenvalue weighted by molar-refractivity contribution is -0.118. The van der Waals surface area contributed by atoms with Gasteiger partial charge in [-0.15, -0.1) is 0 Å². The Morgan fingerprint density at radius 3 is 2.85 bits per heavy atom. The first-order valence-corrected chi connectivity index (χ1v) is 9.29. The maximum atomic E-state index is 12.0. The number of nitrogens with zero attached hydrogens (tertiary/aromatic N) is 2. The van der Waals surface area contributed by atoms with Crippen LogP contribution in [0.2, 0.25) is 0 Å². The number of hydrogen-bond acceptors (Lipinski definition) is 5. The van der Waals surface area contributed by atoms with Crippen LogP contribution >= 0.6 is 11.8 Å². The van der Waals surface area contributed by atoms with Crippen molar-refractivity contribution in [3.63, 3.8) is 0 Å². The fourth-order valence-corrected chi connectivity index (χ4v) is 3.43. The molecule has 6 nitrogen and oxygen atoms in total.